The molecule has 2 aromatic rings. The smallest absolute Gasteiger partial charge is 0.390 e. The van der Waals surface area contributed by atoms with Gasteiger partial charge in [-0.3, -0.25) is 9.09 Å². The maximum absolute atomic E-state index is 11.5. The molecule has 0 bridgehead atoms. The van der Waals surface area contributed by atoms with Gasteiger partial charge in [0.15, 0.2) is 17.7 Å². The Morgan fingerprint density at radius 3 is 2.67 bits per heavy atom. The number of anilines is 1. The van der Waals surface area contributed by atoms with Gasteiger partial charge in [0, 0.05) is 0 Å². The number of phosphoric ester groups is 1. The standard InChI is InChI=1S/C16H26N5O8P/c1-3-16(2,24)5-4-8(29-30(25,26)27)12-10(22)11(23)15(28-12)21-7-20-9-13(17)18-6-19-14(9)21/h6-8,10-12,15,22-24H,3-5H2,1-2H3,(H2,17,18,19)(H2,25,26,27)/t8?,10-,11+,12+,15+,16?/m0/s1. The monoisotopic (exact) mass is 447 g/mol. The van der Waals surface area contributed by atoms with Gasteiger partial charge in [0.1, 0.15) is 30.2 Å². The van der Waals surface area contributed by atoms with Crippen LogP contribution in [0.25, 0.3) is 11.2 Å². The highest BCUT2D eigenvalue weighted by Crippen LogP contribution is 2.43. The highest BCUT2D eigenvalue weighted by molar-refractivity contribution is 7.46. The number of hydrogen-bond donors (Lipinski definition) is 6. The molecule has 1 aliphatic rings. The van der Waals surface area contributed by atoms with Crippen LogP contribution < -0.4 is 5.73 Å². The van der Waals surface area contributed by atoms with Crippen molar-refractivity contribution in [2.24, 2.45) is 0 Å². The number of ether oxygens (including phenoxy) is 1. The molecule has 0 amide bonds. The summed E-state index contributed by atoms with van der Waals surface area (Å²) in [5, 5.41) is 31.3. The lowest BCUT2D eigenvalue weighted by Gasteiger charge is -2.29. The van der Waals surface area contributed by atoms with Gasteiger partial charge in [-0.05, 0) is 26.2 Å². The summed E-state index contributed by atoms with van der Waals surface area (Å²) in [4.78, 5) is 30.6. The Balaban J connectivity index is 1.88. The van der Waals surface area contributed by atoms with Crippen molar-refractivity contribution < 1.29 is 38.9 Å². The van der Waals surface area contributed by atoms with Gasteiger partial charge < -0.3 is 35.6 Å². The molecule has 13 nitrogen and oxygen atoms in total. The molecule has 14 heteroatoms. The van der Waals surface area contributed by atoms with Crippen molar-refractivity contribution in [2.75, 3.05) is 5.73 Å². The third kappa shape index (κ3) is 4.79. The van der Waals surface area contributed by atoms with Gasteiger partial charge in [-0.25, -0.2) is 19.5 Å². The van der Waals surface area contributed by atoms with E-state index in [0.29, 0.717) is 6.42 Å². The largest absolute Gasteiger partial charge is 0.469 e. The van der Waals surface area contributed by atoms with E-state index in [2.05, 4.69) is 15.0 Å². The Morgan fingerprint density at radius 1 is 1.33 bits per heavy atom. The minimum absolute atomic E-state index is 0.0348. The lowest BCUT2D eigenvalue weighted by molar-refractivity contribution is -0.0884. The molecular formula is C16H26N5O8P. The number of nitrogens with two attached hydrogens (primary N) is 1. The van der Waals surface area contributed by atoms with Crippen molar-refractivity contribution >= 4 is 24.8 Å². The molecule has 2 aromatic heterocycles. The fraction of sp³-hybridized carbons (Fsp3) is 0.688. The van der Waals surface area contributed by atoms with Gasteiger partial charge in [-0.2, -0.15) is 0 Å². The molecule has 3 heterocycles. The van der Waals surface area contributed by atoms with Crippen molar-refractivity contribution in [3.8, 4) is 0 Å². The predicted molar refractivity (Wildman–Crippen MR) is 103 cm³/mol. The second-order valence-electron chi connectivity index (χ2n) is 7.58. The van der Waals surface area contributed by atoms with Crippen LogP contribution in [-0.2, 0) is 13.8 Å². The average molecular weight is 447 g/mol. The van der Waals surface area contributed by atoms with E-state index in [9.17, 15) is 29.7 Å². The summed E-state index contributed by atoms with van der Waals surface area (Å²) < 4.78 is 23.4. The van der Waals surface area contributed by atoms with Crippen molar-refractivity contribution in [1.29, 1.82) is 0 Å². The van der Waals surface area contributed by atoms with E-state index in [1.165, 1.54) is 17.2 Å². The Labute approximate surface area is 171 Å². The summed E-state index contributed by atoms with van der Waals surface area (Å²) in [5.41, 5.74) is 5.18. The number of imidazole rings is 1. The molecule has 168 valence electrons. The third-order valence-electron chi connectivity index (χ3n) is 5.30. The molecule has 30 heavy (non-hydrogen) atoms. The minimum Gasteiger partial charge on any atom is -0.390 e. The lowest BCUT2D eigenvalue weighted by Crippen LogP contribution is -2.40. The zero-order valence-electron chi connectivity index (χ0n) is 16.4. The average Bonchev–Trinajstić information content (AvgIpc) is 3.21. The van der Waals surface area contributed by atoms with E-state index in [0.717, 1.165) is 0 Å². The van der Waals surface area contributed by atoms with Gasteiger partial charge in [0.25, 0.3) is 0 Å². The van der Waals surface area contributed by atoms with Crippen LogP contribution in [-0.4, -0.2) is 74.6 Å². The van der Waals surface area contributed by atoms with Crippen molar-refractivity contribution in [2.45, 2.75) is 69.4 Å². The van der Waals surface area contributed by atoms with Gasteiger partial charge in [-0.15, -0.1) is 0 Å². The molecule has 0 saturated carbocycles. The van der Waals surface area contributed by atoms with Crippen LogP contribution in [0.2, 0.25) is 0 Å². The molecule has 3 rings (SSSR count). The van der Waals surface area contributed by atoms with E-state index in [-0.39, 0.29) is 29.8 Å². The first-order valence-electron chi connectivity index (χ1n) is 9.34. The zero-order valence-corrected chi connectivity index (χ0v) is 17.3. The molecule has 0 aliphatic carbocycles. The summed E-state index contributed by atoms with van der Waals surface area (Å²) in [5.74, 6) is 0.118. The number of aromatic nitrogens is 4. The van der Waals surface area contributed by atoms with Crippen LogP contribution in [0.1, 0.15) is 39.3 Å². The Bertz CT molecular complexity index is 933. The molecule has 1 saturated heterocycles. The summed E-state index contributed by atoms with van der Waals surface area (Å²) in [6, 6.07) is 0. The van der Waals surface area contributed by atoms with E-state index in [1.807, 2.05) is 0 Å². The van der Waals surface area contributed by atoms with Crippen LogP contribution in [0.15, 0.2) is 12.7 Å². The molecule has 1 aliphatic heterocycles. The fourth-order valence-corrected chi connectivity index (χ4v) is 3.94. The molecule has 0 aromatic carbocycles. The number of nitrogens with zero attached hydrogens (tertiary/aromatic N) is 4. The van der Waals surface area contributed by atoms with Crippen molar-refractivity contribution in [1.82, 2.24) is 19.5 Å². The normalized spacial score (nSPS) is 28.0. The zero-order chi connectivity index (χ0) is 22.3. The summed E-state index contributed by atoms with van der Waals surface area (Å²) >= 11 is 0. The highest BCUT2D eigenvalue weighted by atomic mass is 31.2. The Hall–Kier alpha value is -1.70. The van der Waals surface area contributed by atoms with Crippen molar-refractivity contribution in [3.63, 3.8) is 0 Å². The molecule has 2 unspecified atom stereocenters. The molecule has 0 spiro atoms. The first-order chi connectivity index (χ1) is 13.9. The van der Waals surface area contributed by atoms with Crippen LogP contribution in [0.4, 0.5) is 5.82 Å². The van der Waals surface area contributed by atoms with E-state index >= 15 is 0 Å². The SMILES string of the molecule is CCC(C)(O)CCC(OP(=O)(O)O)[C@H]1O[C@@H](n2cnc3c(N)ncnc32)[C@H](O)[C@@H]1O. The second-order valence-corrected chi connectivity index (χ2v) is 8.77. The summed E-state index contributed by atoms with van der Waals surface area (Å²) in [6.07, 6.45) is -3.76. The molecule has 1 fully saturated rings. The van der Waals surface area contributed by atoms with Crippen LogP contribution >= 0.6 is 7.82 Å². The topological polar surface area (TPSA) is 206 Å². The minimum atomic E-state index is -4.95. The van der Waals surface area contributed by atoms with Crippen LogP contribution in [0, 0.1) is 0 Å². The molecule has 7 N–H and O–H groups in total. The summed E-state index contributed by atoms with van der Waals surface area (Å²) in [6.45, 7) is 3.34. The van der Waals surface area contributed by atoms with Crippen LogP contribution in [0.3, 0.4) is 0 Å². The van der Waals surface area contributed by atoms with E-state index in [4.69, 9.17) is 15.0 Å². The quantitative estimate of drug-likeness (QED) is 0.282. The number of aliphatic hydroxyl groups is 3. The maximum Gasteiger partial charge on any atom is 0.469 e. The maximum atomic E-state index is 11.5. The number of phosphoric acid groups is 1. The van der Waals surface area contributed by atoms with Gasteiger partial charge in [0.05, 0.1) is 18.0 Å². The Morgan fingerprint density at radius 2 is 2.03 bits per heavy atom. The predicted octanol–water partition coefficient (Wildman–Crippen LogP) is -0.553. The fourth-order valence-electron chi connectivity index (χ4n) is 3.36. The van der Waals surface area contributed by atoms with Gasteiger partial charge in [-0.1, -0.05) is 6.92 Å². The van der Waals surface area contributed by atoms with E-state index < -0.39 is 44.1 Å². The third-order valence-corrected chi connectivity index (χ3v) is 5.85. The van der Waals surface area contributed by atoms with E-state index in [1.54, 1.807) is 13.8 Å². The number of rotatable bonds is 8. The first-order valence-corrected chi connectivity index (χ1v) is 10.9. The number of hydrogen-bond acceptors (Lipinski definition) is 10. The summed E-state index contributed by atoms with van der Waals surface area (Å²) in [7, 11) is -4.95. The first kappa shape index (κ1) is 23.0. The van der Waals surface area contributed by atoms with Gasteiger partial charge in [0.2, 0.25) is 0 Å². The lowest BCUT2D eigenvalue weighted by atomic mass is 9.92. The number of aliphatic hydroxyl groups excluding tert-OH is 2. The second kappa shape index (κ2) is 8.44. The molecule has 6 atom stereocenters. The van der Waals surface area contributed by atoms with Crippen LogP contribution in [0.5, 0.6) is 0 Å². The number of nitrogen functional groups attached to an aromatic ring is 1. The van der Waals surface area contributed by atoms with Crippen molar-refractivity contribution in [3.05, 3.63) is 12.7 Å². The van der Waals surface area contributed by atoms with Gasteiger partial charge >= 0.3 is 7.82 Å². The molecule has 0 radical (unpaired) electrons. The highest BCUT2D eigenvalue weighted by Gasteiger charge is 2.49. The Kier molecular flexibility index (Phi) is 6.46. The molecular weight excluding hydrogens is 421 g/mol. The number of fused-ring (bicyclic) bond motifs is 1.